The molecular formula is C20H21ClFN3O2. The van der Waals surface area contributed by atoms with Crippen LogP contribution in [0, 0.1) is 12.7 Å². The second kappa shape index (κ2) is 8.06. The molecule has 3 rings (SSSR count). The molecule has 0 bridgehead atoms. The molecule has 2 aromatic rings. The summed E-state index contributed by atoms with van der Waals surface area (Å²) in [5, 5.41) is 0.0832. The molecule has 5 nitrogen and oxygen atoms in total. The Morgan fingerprint density at radius 2 is 1.63 bits per heavy atom. The number of piperazine rings is 1. The Balaban J connectivity index is 1.61. The van der Waals surface area contributed by atoms with Crippen molar-refractivity contribution in [1.82, 2.24) is 9.80 Å². The van der Waals surface area contributed by atoms with Crippen LogP contribution in [0.2, 0.25) is 5.02 Å². The summed E-state index contributed by atoms with van der Waals surface area (Å²) < 4.78 is 13.2. The van der Waals surface area contributed by atoms with Crippen molar-refractivity contribution < 1.29 is 14.0 Å². The maximum atomic E-state index is 13.2. The van der Waals surface area contributed by atoms with Crippen LogP contribution in [0.4, 0.5) is 4.39 Å². The van der Waals surface area contributed by atoms with Gasteiger partial charge in [-0.05, 0) is 30.7 Å². The van der Waals surface area contributed by atoms with Gasteiger partial charge in [0.05, 0.1) is 10.6 Å². The van der Waals surface area contributed by atoms with Gasteiger partial charge in [0.1, 0.15) is 11.9 Å². The van der Waals surface area contributed by atoms with E-state index in [-0.39, 0.29) is 22.4 Å². The van der Waals surface area contributed by atoms with Crippen molar-refractivity contribution in [3.63, 3.8) is 0 Å². The molecule has 7 heteroatoms. The van der Waals surface area contributed by atoms with E-state index in [4.69, 9.17) is 17.3 Å². The third kappa shape index (κ3) is 4.28. The number of aryl methyl sites for hydroxylation is 1. The van der Waals surface area contributed by atoms with E-state index in [2.05, 4.69) is 0 Å². The highest BCUT2D eigenvalue weighted by molar-refractivity contribution is 6.33. The second-order valence-corrected chi connectivity index (χ2v) is 7.04. The average Bonchev–Trinajstić information content (AvgIpc) is 2.67. The van der Waals surface area contributed by atoms with E-state index in [0.717, 1.165) is 17.2 Å². The van der Waals surface area contributed by atoms with Gasteiger partial charge >= 0.3 is 0 Å². The molecule has 1 unspecified atom stereocenters. The lowest BCUT2D eigenvalue weighted by Gasteiger charge is -2.36. The molecule has 1 aliphatic rings. The molecule has 142 valence electrons. The van der Waals surface area contributed by atoms with Crippen molar-refractivity contribution in [3.05, 3.63) is 70.0 Å². The van der Waals surface area contributed by atoms with Gasteiger partial charge in [0.25, 0.3) is 5.91 Å². The van der Waals surface area contributed by atoms with Crippen LogP contribution >= 0.6 is 11.6 Å². The Kier molecular flexibility index (Phi) is 5.77. The summed E-state index contributed by atoms with van der Waals surface area (Å²) in [4.78, 5) is 28.5. The Labute approximate surface area is 162 Å². The summed E-state index contributed by atoms with van der Waals surface area (Å²) in [6.07, 6.45) is 0. The fourth-order valence-corrected chi connectivity index (χ4v) is 3.32. The number of amides is 2. The van der Waals surface area contributed by atoms with Crippen molar-refractivity contribution in [2.45, 2.75) is 13.0 Å². The predicted molar refractivity (Wildman–Crippen MR) is 102 cm³/mol. The number of rotatable bonds is 3. The first-order chi connectivity index (χ1) is 12.9. The molecule has 0 radical (unpaired) electrons. The minimum absolute atomic E-state index is 0.0832. The lowest BCUT2D eigenvalue weighted by Crippen LogP contribution is -2.52. The number of benzene rings is 2. The quantitative estimate of drug-likeness (QED) is 0.877. The highest BCUT2D eigenvalue weighted by Gasteiger charge is 2.29. The van der Waals surface area contributed by atoms with Crippen LogP contribution in [-0.2, 0) is 4.79 Å². The molecular weight excluding hydrogens is 369 g/mol. The fourth-order valence-electron chi connectivity index (χ4n) is 3.08. The Hall–Kier alpha value is -2.44. The number of hydrogen-bond acceptors (Lipinski definition) is 3. The molecule has 0 spiro atoms. The van der Waals surface area contributed by atoms with Crippen molar-refractivity contribution in [3.8, 4) is 0 Å². The van der Waals surface area contributed by atoms with Gasteiger partial charge in [0.2, 0.25) is 5.91 Å². The molecule has 0 aliphatic carbocycles. The first-order valence-corrected chi connectivity index (χ1v) is 9.10. The van der Waals surface area contributed by atoms with Crippen molar-refractivity contribution in [2.24, 2.45) is 5.73 Å². The van der Waals surface area contributed by atoms with Gasteiger partial charge in [0.15, 0.2) is 0 Å². The zero-order chi connectivity index (χ0) is 19.6. The Morgan fingerprint density at radius 1 is 1.04 bits per heavy atom. The van der Waals surface area contributed by atoms with E-state index < -0.39 is 11.9 Å². The molecule has 2 amide bonds. The Bertz CT molecular complexity index is 849. The standard InChI is InChI=1S/C20H21ClFN3O2/c1-13-2-4-14(5-3-13)18(23)20(27)25-10-8-24(9-11-25)19(26)16-7-6-15(22)12-17(16)21/h2-7,12,18H,8-11,23H2,1H3. The fraction of sp³-hybridized carbons (Fsp3) is 0.300. The van der Waals surface area contributed by atoms with Crippen LogP contribution in [0.25, 0.3) is 0 Å². The highest BCUT2D eigenvalue weighted by atomic mass is 35.5. The van der Waals surface area contributed by atoms with E-state index in [0.29, 0.717) is 26.2 Å². The maximum absolute atomic E-state index is 13.2. The minimum Gasteiger partial charge on any atom is -0.337 e. The van der Waals surface area contributed by atoms with Crippen molar-refractivity contribution in [2.75, 3.05) is 26.2 Å². The molecule has 2 aromatic carbocycles. The van der Waals surface area contributed by atoms with Crippen LogP contribution < -0.4 is 5.73 Å². The average molecular weight is 390 g/mol. The van der Waals surface area contributed by atoms with E-state index in [1.54, 1.807) is 9.80 Å². The zero-order valence-corrected chi connectivity index (χ0v) is 15.7. The lowest BCUT2D eigenvalue weighted by atomic mass is 10.0. The van der Waals surface area contributed by atoms with Gasteiger partial charge in [-0.3, -0.25) is 9.59 Å². The van der Waals surface area contributed by atoms with E-state index >= 15 is 0 Å². The van der Waals surface area contributed by atoms with Gasteiger partial charge < -0.3 is 15.5 Å². The van der Waals surface area contributed by atoms with Crippen LogP contribution in [0.15, 0.2) is 42.5 Å². The van der Waals surface area contributed by atoms with Gasteiger partial charge in [-0.1, -0.05) is 41.4 Å². The van der Waals surface area contributed by atoms with Crippen molar-refractivity contribution in [1.29, 1.82) is 0 Å². The summed E-state index contributed by atoms with van der Waals surface area (Å²) in [6.45, 7) is 3.50. The lowest BCUT2D eigenvalue weighted by molar-refractivity contribution is -0.134. The van der Waals surface area contributed by atoms with Gasteiger partial charge in [-0.2, -0.15) is 0 Å². The van der Waals surface area contributed by atoms with Gasteiger partial charge in [-0.25, -0.2) is 4.39 Å². The third-order valence-electron chi connectivity index (χ3n) is 4.74. The zero-order valence-electron chi connectivity index (χ0n) is 15.0. The number of carbonyl (C=O) groups is 2. The molecule has 0 saturated carbocycles. The first-order valence-electron chi connectivity index (χ1n) is 8.72. The largest absolute Gasteiger partial charge is 0.337 e. The summed E-state index contributed by atoms with van der Waals surface area (Å²) in [7, 11) is 0. The topological polar surface area (TPSA) is 66.6 Å². The highest BCUT2D eigenvalue weighted by Crippen LogP contribution is 2.21. The summed E-state index contributed by atoms with van der Waals surface area (Å²) >= 11 is 5.97. The third-order valence-corrected chi connectivity index (χ3v) is 5.06. The molecule has 1 saturated heterocycles. The summed E-state index contributed by atoms with van der Waals surface area (Å²) in [5.74, 6) is -0.919. The molecule has 1 aliphatic heterocycles. The minimum atomic E-state index is -0.723. The number of halogens is 2. The smallest absolute Gasteiger partial charge is 0.255 e. The van der Waals surface area contributed by atoms with Crippen LogP contribution in [-0.4, -0.2) is 47.8 Å². The molecule has 1 fully saturated rings. The van der Waals surface area contributed by atoms with Gasteiger partial charge in [-0.15, -0.1) is 0 Å². The van der Waals surface area contributed by atoms with Gasteiger partial charge in [0, 0.05) is 26.2 Å². The predicted octanol–water partition coefficient (Wildman–Crippen LogP) is 2.77. The molecule has 2 N–H and O–H groups in total. The van der Waals surface area contributed by atoms with Crippen molar-refractivity contribution >= 4 is 23.4 Å². The SMILES string of the molecule is Cc1ccc(C(N)C(=O)N2CCN(C(=O)c3ccc(F)cc3Cl)CC2)cc1. The number of hydrogen-bond donors (Lipinski definition) is 1. The number of nitrogens with two attached hydrogens (primary N) is 1. The van der Waals surface area contributed by atoms with Crippen LogP contribution in [0.5, 0.6) is 0 Å². The molecule has 27 heavy (non-hydrogen) atoms. The summed E-state index contributed by atoms with van der Waals surface area (Å²) in [6, 6.07) is 10.5. The molecule has 1 heterocycles. The summed E-state index contributed by atoms with van der Waals surface area (Å²) in [5.41, 5.74) is 8.24. The normalized spacial score (nSPS) is 15.6. The number of carbonyl (C=O) groups excluding carboxylic acids is 2. The first kappa shape index (κ1) is 19.3. The Morgan fingerprint density at radius 3 is 2.22 bits per heavy atom. The van der Waals surface area contributed by atoms with E-state index in [1.807, 2.05) is 31.2 Å². The van der Waals surface area contributed by atoms with Crippen LogP contribution in [0.3, 0.4) is 0 Å². The molecule has 0 aromatic heterocycles. The van der Waals surface area contributed by atoms with Crippen LogP contribution in [0.1, 0.15) is 27.5 Å². The maximum Gasteiger partial charge on any atom is 0.255 e. The second-order valence-electron chi connectivity index (χ2n) is 6.63. The number of nitrogens with zero attached hydrogens (tertiary/aromatic N) is 2. The monoisotopic (exact) mass is 389 g/mol. The van der Waals surface area contributed by atoms with E-state index in [9.17, 15) is 14.0 Å². The molecule has 1 atom stereocenters. The van der Waals surface area contributed by atoms with E-state index in [1.165, 1.54) is 12.1 Å².